The standard InChI is InChI=1S/C28H27N5O4S2/c1-18-17-21(13-14-22(18)31-39(3,35)36)33-26(25(30-28(33)38)23-7-4-5-15-29-23)24-8-6-16-32(24)20-11-9-19(10-12-20)27(34)37-2/h4-17,25-26,31H,1-3H3,(H,30,38). The van der Waals surface area contributed by atoms with E-state index in [9.17, 15) is 13.2 Å². The summed E-state index contributed by atoms with van der Waals surface area (Å²) in [5, 5.41) is 3.97. The van der Waals surface area contributed by atoms with Gasteiger partial charge in [0.2, 0.25) is 10.0 Å². The predicted molar refractivity (Wildman–Crippen MR) is 155 cm³/mol. The zero-order valence-electron chi connectivity index (χ0n) is 21.5. The minimum Gasteiger partial charge on any atom is -0.465 e. The Balaban J connectivity index is 1.60. The van der Waals surface area contributed by atoms with Gasteiger partial charge in [-0.05, 0) is 91.4 Å². The molecule has 9 nitrogen and oxygen atoms in total. The van der Waals surface area contributed by atoms with Gasteiger partial charge in [0.05, 0.1) is 36.4 Å². The van der Waals surface area contributed by atoms with Gasteiger partial charge in [-0.15, -0.1) is 0 Å². The number of nitrogens with zero attached hydrogens (tertiary/aromatic N) is 3. The van der Waals surface area contributed by atoms with Crippen LogP contribution in [0.2, 0.25) is 0 Å². The van der Waals surface area contributed by atoms with Crippen LogP contribution in [0.25, 0.3) is 5.69 Å². The highest BCUT2D eigenvalue weighted by molar-refractivity contribution is 7.92. The molecule has 5 rings (SSSR count). The molecule has 0 spiro atoms. The van der Waals surface area contributed by atoms with Gasteiger partial charge in [0.1, 0.15) is 6.04 Å². The molecule has 0 amide bonds. The average Bonchev–Trinajstić information content (AvgIpc) is 3.53. The maximum atomic E-state index is 11.9. The number of aromatic nitrogens is 2. The number of ether oxygens (including phenoxy) is 1. The molecule has 1 aliphatic rings. The van der Waals surface area contributed by atoms with Gasteiger partial charge < -0.3 is 19.5 Å². The number of thiocarbonyl (C=S) groups is 1. The lowest BCUT2D eigenvalue weighted by Gasteiger charge is -2.29. The molecule has 1 fully saturated rings. The van der Waals surface area contributed by atoms with E-state index in [4.69, 9.17) is 17.0 Å². The van der Waals surface area contributed by atoms with Gasteiger partial charge in [0.25, 0.3) is 0 Å². The molecule has 200 valence electrons. The number of esters is 1. The van der Waals surface area contributed by atoms with E-state index in [0.717, 1.165) is 34.6 Å². The fourth-order valence-corrected chi connectivity index (χ4v) is 5.77. The van der Waals surface area contributed by atoms with Crippen LogP contribution in [0.15, 0.2) is 85.2 Å². The Hall–Kier alpha value is -4.22. The number of nitrogens with one attached hydrogen (secondary N) is 2. The normalized spacial score (nSPS) is 17.1. The van der Waals surface area contributed by atoms with Crippen molar-refractivity contribution in [2.45, 2.75) is 19.0 Å². The molecule has 0 radical (unpaired) electrons. The van der Waals surface area contributed by atoms with E-state index in [1.165, 1.54) is 7.11 Å². The highest BCUT2D eigenvalue weighted by Gasteiger charge is 2.42. The summed E-state index contributed by atoms with van der Waals surface area (Å²) in [6.45, 7) is 1.85. The van der Waals surface area contributed by atoms with Crippen molar-refractivity contribution in [2.24, 2.45) is 0 Å². The molecule has 2 aromatic heterocycles. The number of methoxy groups -OCH3 is 1. The highest BCUT2D eigenvalue weighted by Crippen LogP contribution is 2.43. The van der Waals surface area contributed by atoms with Crippen LogP contribution in [0, 0.1) is 6.92 Å². The number of hydrogen-bond acceptors (Lipinski definition) is 6. The maximum absolute atomic E-state index is 11.9. The summed E-state index contributed by atoms with van der Waals surface area (Å²) in [5.41, 5.74) is 5.17. The molecule has 0 bridgehead atoms. The molecule has 4 aromatic rings. The van der Waals surface area contributed by atoms with Crippen molar-refractivity contribution in [3.8, 4) is 5.69 Å². The lowest BCUT2D eigenvalue weighted by Crippen LogP contribution is -2.30. The third kappa shape index (κ3) is 5.36. The van der Waals surface area contributed by atoms with Crippen molar-refractivity contribution < 1.29 is 17.9 Å². The van der Waals surface area contributed by atoms with Gasteiger partial charge in [-0.3, -0.25) is 9.71 Å². The van der Waals surface area contributed by atoms with Crippen molar-refractivity contribution >= 4 is 44.7 Å². The molecule has 2 unspecified atom stereocenters. The van der Waals surface area contributed by atoms with Crippen LogP contribution in [-0.4, -0.2) is 42.4 Å². The first kappa shape index (κ1) is 26.4. The maximum Gasteiger partial charge on any atom is 0.337 e. The molecule has 11 heteroatoms. The number of aryl methyl sites for hydroxylation is 1. The zero-order valence-corrected chi connectivity index (χ0v) is 23.2. The van der Waals surface area contributed by atoms with E-state index >= 15 is 0 Å². The summed E-state index contributed by atoms with van der Waals surface area (Å²) < 4.78 is 33.1. The third-order valence-electron chi connectivity index (χ3n) is 6.53. The number of sulfonamides is 1. The van der Waals surface area contributed by atoms with Crippen LogP contribution >= 0.6 is 12.2 Å². The first-order valence-corrected chi connectivity index (χ1v) is 14.4. The van der Waals surface area contributed by atoms with Crippen molar-refractivity contribution in [3.63, 3.8) is 0 Å². The van der Waals surface area contributed by atoms with E-state index < -0.39 is 16.0 Å². The Morgan fingerprint density at radius 3 is 2.44 bits per heavy atom. The van der Waals surface area contributed by atoms with E-state index in [2.05, 4.69) is 19.6 Å². The van der Waals surface area contributed by atoms with Crippen LogP contribution in [0.4, 0.5) is 11.4 Å². The van der Waals surface area contributed by atoms with E-state index in [1.807, 2.05) is 72.6 Å². The summed E-state index contributed by atoms with van der Waals surface area (Å²) in [7, 11) is -2.07. The number of pyridine rings is 1. The predicted octanol–water partition coefficient (Wildman–Crippen LogP) is 4.52. The Morgan fingerprint density at radius 1 is 1.05 bits per heavy atom. The lowest BCUT2D eigenvalue weighted by molar-refractivity contribution is 0.0600. The average molecular weight is 562 g/mol. The second kappa shape index (κ2) is 10.5. The van der Waals surface area contributed by atoms with Crippen LogP contribution in [0.3, 0.4) is 0 Å². The molecular formula is C28H27N5O4S2. The van der Waals surface area contributed by atoms with Crippen LogP contribution in [-0.2, 0) is 14.8 Å². The molecule has 0 saturated carbocycles. The topological polar surface area (TPSA) is 106 Å². The summed E-state index contributed by atoms with van der Waals surface area (Å²) in [6.07, 6.45) is 4.83. The first-order valence-electron chi connectivity index (χ1n) is 12.1. The minimum atomic E-state index is -3.42. The molecular weight excluding hydrogens is 534 g/mol. The van der Waals surface area contributed by atoms with E-state index in [1.54, 1.807) is 24.4 Å². The van der Waals surface area contributed by atoms with Gasteiger partial charge in [-0.2, -0.15) is 0 Å². The first-order chi connectivity index (χ1) is 18.7. The third-order valence-corrected chi connectivity index (χ3v) is 7.44. The minimum absolute atomic E-state index is 0.268. The lowest BCUT2D eigenvalue weighted by atomic mass is 10.00. The SMILES string of the molecule is COC(=O)c1ccc(-n2cccc2C2C(c3ccccn3)NC(=S)N2c2ccc(NS(C)(=O)=O)c(C)c2)cc1. The smallest absolute Gasteiger partial charge is 0.337 e. The van der Waals surface area contributed by atoms with Crippen molar-refractivity contribution in [1.29, 1.82) is 0 Å². The largest absolute Gasteiger partial charge is 0.465 e. The number of carbonyl (C=O) groups excluding carboxylic acids is 1. The summed E-state index contributed by atoms with van der Waals surface area (Å²) in [5.74, 6) is -0.398. The molecule has 0 aliphatic carbocycles. The van der Waals surface area contributed by atoms with E-state index in [-0.39, 0.29) is 12.1 Å². The van der Waals surface area contributed by atoms with E-state index in [0.29, 0.717) is 16.4 Å². The molecule has 2 N–H and O–H groups in total. The summed E-state index contributed by atoms with van der Waals surface area (Å²) in [4.78, 5) is 18.6. The zero-order chi connectivity index (χ0) is 27.7. The molecule has 1 saturated heterocycles. The van der Waals surface area contributed by atoms with Crippen molar-refractivity contribution in [1.82, 2.24) is 14.9 Å². The Kier molecular flexibility index (Phi) is 7.11. The molecule has 39 heavy (non-hydrogen) atoms. The number of rotatable bonds is 7. The molecule has 2 aromatic carbocycles. The van der Waals surface area contributed by atoms with Gasteiger partial charge in [0, 0.05) is 29.5 Å². The highest BCUT2D eigenvalue weighted by atomic mass is 32.2. The molecule has 1 aliphatic heterocycles. The Morgan fingerprint density at radius 2 is 1.79 bits per heavy atom. The van der Waals surface area contributed by atoms with Crippen molar-refractivity contribution in [3.05, 3.63) is 108 Å². The Labute approximate surface area is 232 Å². The van der Waals surface area contributed by atoms with Crippen molar-refractivity contribution in [2.75, 3.05) is 23.0 Å². The molecule has 3 heterocycles. The Bertz CT molecular complexity index is 1640. The van der Waals surface area contributed by atoms with Gasteiger partial charge in [0.15, 0.2) is 5.11 Å². The number of benzene rings is 2. The molecule has 2 atom stereocenters. The van der Waals surface area contributed by atoms with Gasteiger partial charge in [-0.25, -0.2) is 13.2 Å². The summed E-state index contributed by atoms with van der Waals surface area (Å²) in [6, 6.07) is 21.9. The fourth-order valence-electron chi connectivity index (χ4n) is 4.79. The second-order valence-corrected chi connectivity index (χ2v) is 11.3. The number of carbonyl (C=O) groups is 1. The number of anilines is 2. The number of hydrogen-bond donors (Lipinski definition) is 2. The summed E-state index contributed by atoms with van der Waals surface area (Å²) >= 11 is 5.85. The van der Waals surface area contributed by atoms with Crippen LogP contribution in [0.1, 0.15) is 39.4 Å². The van der Waals surface area contributed by atoms with Crippen LogP contribution in [0.5, 0.6) is 0 Å². The van der Waals surface area contributed by atoms with Gasteiger partial charge in [-0.1, -0.05) is 6.07 Å². The quantitative estimate of drug-likeness (QED) is 0.251. The van der Waals surface area contributed by atoms with Crippen LogP contribution < -0.4 is 14.9 Å². The fraction of sp³-hybridized carbons (Fsp3) is 0.179. The van der Waals surface area contributed by atoms with Gasteiger partial charge >= 0.3 is 5.97 Å². The monoisotopic (exact) mass is 561 g/mol. The second-order valence-electron chi connectivity index (χ2n) is 9.21.